The number of nitrogens with zero attached hydrogens (tertiary/aromatic N) is 2. The van der Waals surface area contributed by atoms with Crippen LogP contribution < -0.4 is 9.47 Å². The fraction of sp³-hybridized carbons (Fsp3) is 0.211. The maximum atomic E-state index is 5.38. The molecule has 0 aliphatic heterocycles. The van der Waals surface area contributed by atoms with Gasteiger partial charge in [-0.15, -0.1) is 11.3 Å². The molecule has 0 unspecified atom stereocenters. The van der Waals surface area contributed by atoms with Crippen molar-refractivity contribution in [1.29, 1.82) is 0 Å². The van der Waals surface area contributed by atoms with E-state index in [1.165, 1.54) is 15.9 Å². The molecule has 0 aliphatic rings. The van der Waals surface area contributed by atoms with Crippen LogP contribution >= 0.6 is 11.3 Å². The summed E-state index contributed by atoms with van der Waals surface area (Å²) in [7, 11) is 3.38. The zero-order valence-electron chi connectivity index (χ0n) is 13.9. The van der Waals surface area contributed by atoms with E-state index in [1.807, 2.05) is 25.1 Å². The van der Waals surface area contributed by atoms with Crippen molar-refractivity contribution in [1.82, 2.24) is 9.55 Å². The molecule has 2 heterocycles. The standard InChI is InChI=1S/C19H18N2O2S/c1-12-20-18-16-10-15(23-3)8-9-17(16)21(19(18)24-12)11-13-4-6-14(22-2)7-5-13/h4-10H,11H2,1-3H3. The van der Waals surface area contributed by atoms with Crippen molar-refractivity contribution >= 4 is 32.6 Å². The SMILES string of the molecule is COc1ccc(Cn2c3ccc(OC)cc3c3nc(C)sc32)cc1. The lowest BCUT2D eigenvalue weighted by atomic mass is 10.2. The van der Waals surface area contributed by atoms with E-state index >= 15 is 0 Å². The lowest BCUT2D eigenvalue weighted by molar-refractivity contribution is 0.414. The lowest BCUT2D eigenvalue weighted by Gasteiger charge is -2.08. The third-order valence-electron chi connectivity index (χ3n) is 4.21. The van der Waals surface area contributed by atoms with Crippen LogP contribution in [0, 0.1) is 6.92 Å². The fourth-order valence-electron chi connectivity index (χ4n) is 3.02. The number of rotatable bonds is 4. The van der Waals surface area contributed by atoms with E-state index in [4.69, 9.17) is 14.5 Å². The molecule has 122 valence electrons. The molecule has 0 atom stereocenters. The normalized spacial score (nSPS) is 11.3. The lowest BCUT2D eigenvalue weighted by Crippen LogP contribution is -1.98. The zero-order valence-corrected chi connectivity index (χ0v) is 14.7. The van der Waals surface area contributed by atoms with Crippen LogP contribution in [0.25, 0.3) is 21.3 Å². The highest BCUT2D eigenvalue weighted by molar-refractivity contribution is 7.18. The summed E-state index contributed by atoms with van der Waals surface area (Å²) in [4.78, 5) is 5.93. The zero-order chi connectivity index (χ0) is 16.7. The fourth-order valence-corrected chi connectivity index (χ4v) is 3.96. The van der Waals surface area contributed by atoms with Crippen molar-refractivity contribution in [2.45, 2.75) is 13.5 Å². The Hall–Kier alpha value is -2.53. The molecule has 0 N–H and O–H groups in total. The molecule has 0 saturated carbocycles. The Labute approximate surface area is 144 Å². The third-order valence-corrected chi connectivity index (χ3v) is 5.20. The Balaban J connectivity index is 1.88. The molecule has 2 aromatic heterocycles. The van der Waals surface area contributed by atoms with E-state index in [0.29, 0.717) is 0 Å². The van der Waals surface area contributed by atoms with E-state index in [1.54, 1.807) is 25.6 Å². The summed E-state index contributed by atoms with van der Waals surface area (Å²) in [5, 5.41) is 2.22. The summed E-state index contributed by atoms with van der Waals surface area (Å²) in [5.41, 5.74) is 3.47. The van der Waals surface area contributed by atoms with Crippen LogP contribution in [0.1, 0.15) is 10.6 Å². The van der Waals surface area contributed by atoms with E-state index in [2.05, 4.69) is 28.8 Å². The van der Waals surface area contributed by atoms with Crippen molar-refractivity contribution < 1.29 is 9.47 Å². The first-order chi connectivity index (χ1) is 11.7. The Morgan fingerprint density at radius 1 is 1.00 bits per heavy atom. The second-order valence-corrected chi connectivity index (χ2v) is 6.89. The second-order valence-electron chi connectivity index (χ2n) is 5.70. The molecule has 0 bridgehead atoms. The molecule has 4 nitrogen and oxygen atoms in total. The number of hydrogen-bond donors (Lipinski definition) is 0. The average Bonchev–Trinajstić information content (AvgIpc) is 3.12. The molecular weight excluding hydrogens is 320 g/mol. The maximum Gasteiger partial charge on any atom is 0.124 e. The third kappa shape index (κ3) is 2.41. The van der Waals surface area contributed by atoms with Crippen LogP contribution in [-0.4, -0.2) is 23.8 Å². The number of aromatic nitrogens is 2. The van der Waals surface area contributed by atoms with Crippen molar-refractivity contribution in [3.05, 3.63) is 53.0 Å². The average molecular weight is 338 g/mol. The largest absolute Gasteiger partial charge is 0.497 e. The Bertz CT molecular complexity index is 1020. The van der Waals surface area contributed by atoms with Crippen LogP contribution in [0.15, 0.2) is 42.5 Å². The molecule has 0 fully saturated rings. The molecule has 0 amide bonds. The van der Waals surface area contributed by atoms with E-state index in [-0.39, 0.29) is 0 Å². The maximum absolute atomic E-state index is 5.38. The monoisotopic (exact) mass is 338 g/mol. The minimum absolute atomic E-state index is 0.804. The number of fused-ring (bicyclic) bond motifs is 3. The topological polar surface area (TPSA) is 36.3 Å². The predicted molar refractivity (Wildman–Crippen MR) is 98.5 cm³/mol. The molecule has 0 spiro atoms. The number of thiazole rings is 1. The first-order valence-corrected chi connectivity index (χ1v) is 8.57. The van der Waals surface area contributed by atoms with Gasteiger partial charge in [0.05, 0.1) is 24.7 Å². The minimum atomic E-state index is 0.804. The van der Waals surface area contributed by atoms with Crippen molar-refractivity contribution in [3.63, 3.8) is 0 Å². The second kappa shape index (κ2) is 5.83. The van der Waals surface area contributed by atoms with E-state index in [9.17, 15) is 0 Å². The summed E-state index contributed by atoms with van der Waals surface area (Å²) < 4.78 is 13.0. The number of hydrogen-bond acceptors (Lipinski definition) is 4. The molecule has 0 radical (unpaired) electrons. The summed E-state index contributed by atoms with van der Waals surface area (Å²) in [6.07, 6.45) is 0. The number of methoxy groups -OCH3 is 2. The molecule has 5 heteroatoms. The highest BCUT2D eigenvalue weighted by Crippen LogP contribution is 2.35. The molecule has 0 saturated heterocycles. The van der Waals surface area contributed by atoms with Crippen LogP contribution in [0.2, 0.25) is 0 Å². The van der Waals surface area contributed by atoms with Crippen LogP contribution in [0.3, 0.4) is 0 Å². The first-order valence-electron chi connectivity index (χ1n) is 7.76. The highest BCUT2D eigenvalue weighted by Gasteiger charge is 2.15. The number of benzene rings is 2. The summed E-state index contributed by atoms with van der Waals surface area (Å²) in [5.74, 6) is 1.73. The van der Waals surface area contributed by atoms with Gasteiger partial charge in [0.2, 0.25) is 0 Å². The molecule has 4 rings (SSSR count). The van der Waals surface area contributed by atoms with Gasteiger partial charge in [-0.25, -0.2) is 4.98 Å². The molecule has 0 aliphatic carbocycles. The van der Waals surface area contributed by atoms with Gasteiger partial charge in [0.25, 0.3) is 0 Å². The highest BCUT2D eigenvalue weighted by atomic mass is 32.1. The quantitative estimate of drug-likeness (QED) is 0.544. The van der Waals surface area contributed by atoms with Gasteiger partial charge < -0.3 is 14.0 Å². The van der Waals surface area contributed by atoms with E-state index in [0.717, 1.165) is 34.0 Å². The van der Waals surface area contributed by atoms with Crippen LogP contribution in [-0.2, 0) is 6.54 Å². The Kier molecular flexibility index (Phi) is 3.65. The van der Waals surface area contributed by atoms with Gasteiger partial charge in [-0.3, -0.25) is 0 Å². The van der Waals surface area contributed by atoms with Gasteiger partial charge in [-0.2, -0.15) is 0 Å². The molecule has 2 aromatic carbocycles. The van der Waals surface area contributed by atoms with Crippen molar-refractivity contribution in [2.75, 3.05) is 14.2 Å². The minimum Gasteiger partial charge on any atom is -0.497 e. The van der Waals surface area contributed by atoms with Gasteiger partial charge in [-0.1, -0.05) is 12.1 Å². The number of aryl methyl sites for hydroxylation is 1. The van der Waals surface area contributed by atoms with Crippen molar-refractivity contribution in [3.8, 4) is 11.5 Å². The smallest absolute Gasteiger partial charge is 0.124 e. The van der Waals surface area contributed by atoms with Gasteiger partial charge in [0.15, 0.2) is 0 Å². The van der Waals surface area contributed by atoms with Crippen molar-refractivity contribution in [2.24, 2.45) is 0 Å². The summed E-state index contributed by atoms with van der Waals surface area (Å²) in [6.45, 7) is 2.85. The summed E-state index contributed by atoms with van der Waals surface area (Å²) in [6, 6.07) is 14.4. The van der Waals surface area contributed by atoms with Crippen LogP contribution in [0.5, 0.6) is 11.5 Å². The molecular formula is C19H18N2O2S. The number of ether oxygens (including phenoxy) is 2. The van der Waals surface area contributed by atoms with Gasteiger partial charge >= 0.3 is 0 Å². The van der Waals surface area contributed by atoms with Gasteiger partial charge in [-0.05, 0) is 42.8 Å². The first kappa shape index (κ1) is 15.0. The molecule has 4 aromatic rings. The van der Waals surface area contributed by atoms with Gasteiger partial charge in [0, 0.05) is 11.9 Å². The van der Waals surface area contributed by atoms with E-state index < -0.39 is 0 Å². The predicted octanol–water partition coefficient (Wildman–Crippen LogP) is 4.62. The summed E-state index contributed by atoms with van der Waals surface area (Å²) >= 11 is 1.73. The Morgan fingerprint density at radius 2 is 1.71 bits per heavy atom. The molecule has 24 heavy (non-hydrogen) atoms. The van der Waals surface area contributed by atoms with Gasteiger partial charge in [0.1, 0.15) is 21.8 Å². The van der Waals surface area contributed by atoms with Crippen LogP contribution in [0.4, 0.5) is 0 Å². The Morgan fingerprint density at radius 3 is 2.42 bits per heavy atom.